The van der Waals surface area contributed by atoms with Gasteiger partial charge in [-0.3, -0.25) is 0 Å². The molecule has 0 saturated carbocycles. The van der Waals surface area contributed by atoms with Gasteiger partial charge in [-0.15, -0.1) is 0 Å². The first-order valence-corrected chi connectivity index (χ1v) is 4.19. The van der Waals surface area contributed by atoms with Crippen molar-refractivity contribution in [3.05, 3.63) is 36.4 Å². The molecule has 0 saturated heterocycles. The number of anilines is 2. The lowest BCUT2D eigenvalue weighted by Crippen LogP contribution is -1.99. The van der Waals surface area contributed by atoms with Crippen molar-refractivity contribution in [2.45, 2.75) is 6.54 Å². The Morgan fingerprint density at radius 3 is 3.00 bits per heavy atom. The molecule has 2 aromatic heterocycles. The van der Waals surface area contributed by atoms with E-state index < -0.39 is 0 Å². The van der Waals surface area contributed by atoms with Crippen LogP contribution in [0.5, 0.6) is 0 Å². The Morgan fingerprint density at radius 1 is 1.36 bits per heavy atom. The second-order valence-electron chi connectivity index (χ2n) is 2.80. The van der Waals surface area contributed by atoms with Crippen LogP contribution in [0.2, 0.25) is 0 Å². The molecule has 5 nitrogen and oxygen atoms in total. The smallest absolute Gasteiger partial charge is 0.155 e. The second kappa shape index (κ2) is 3.78. The first kappa shape index (κ1) is 8.55. The summed E-state index contributed by atoms with van der Waals surface area (Å²) in [5, 5.41) is 6.73. The third-order valence-electron chi connectivity index (χ3n) is 1.74. The Bertz CT molecular complexity index is 399. The van der Waals surface area contributed by atoms with Crippen LogP contribution < -0.4 is 11.1 Å². The Kier molecular flexibility index (Phi) is 2.31. The van der Waals surface area contributed by atoms with Gasteiger partial charge in [0.25, 0.3) is 0 Å². The number of nitrogen functional groups attached to an aromatic ring is 1. The third kappa shape index (κ3) is 2.01. The highest BCUT2D eigenvalue weighted by molar-refractivity contribution is 5.49. The van der Waals surface area contributed by atoms with Crippen molar-refractivity contribution in [2.75, 3.05) is 11.1 Å². The summed E-state index contributed by atoms with van der Waals surface area (Å²) in [5.74, 6) is 1.27. The molecule has 0 aliphatic carbocycles. The highest BCUT2D eigenvalue weighted by Crippen LogP contribution is 2.10. The van der Waals surface area contributed by atoms with Crippen LogP contribution in [-0.2, 0) is 6.54 Å². The number of nitrogens with two attached hydrogens (primary N) is 1. The molecule has 14 heavy (non-hydrogen) atoms. The lowest BCUT2D eigenvalue weighted by Gasteiger charge is -2.03. The van der Waals surface area contributed by atoms with Crippen LogP contribution in [0.3, 0.4) is 0 Å². The van der Waals surface area contributed by atoms with Gasteiger partial charge in [0.15, 0.2) is 5.76 Å². The fourth-order valence-corrected chi connectivity index (χ4v) is 1.08. The number of hydrogen-bond donors (Lipinski definition) is 2. The molecule has 2 rings (SSSR count). The maximum atomic E-state index is 5.52. The number of nitrogens with one attached hydrogen (secondary N) is 1. The molecule has 72 valence electrons. The Morgan fingerprint density at radius 2 is 2.29 bits per heavy atom. The van der Waals surface area contributed by atoms with Gasteiger partial charge in [0.05, 0.1) is 12.7 Å². The maximum Gasteiger partial charge on any atom is 0.155 e. The summed E-state index contributed by atoms with van der Waals surface area (Å²) >= 11 is 0. The summed E-state index contributed by atoms with van der Waals surface area (Å²) in [7, 11) is 0. The summed E-state index contributed by atoms with van der Waals surface area (Å²) in [4.78, 5) is 3.89. The van der Waals surface area contributed by atoms with E-state index in [9.17, 15) is 0 Å². The maximum absolute atomic E-state index is 5.52. The van der Waals surface area contributed by atoms with Crippen molar-refractivity contribution in [3.63, 3.8) is 0 Å². The Hall–Kier alpha value is -2.04. The van der Waals surface area contributed by atoms with Crippen LogP contribution >= 0.6 is 0 Å². The molecule has 0 radical (unpaired) electrons. The van der Waals surface area contributed by atoms with Crippen LogP contribution in [-0.4, -0.2) is 10.1 Å². The zero-order valence-electron chi connectivity index (χ0n) is 7.47. The summed E-state index contributed by atoms with van der Waals surface area (Å²) in [6.45, 7) is 0.587. The molecule has 0 bridgehead atoms. The minimum atomic E-state index is 0.493. The highest BCUT2D eigenvalue weighted by atomic mass is 16.5. The van der Waals surface area contributed by atoms with Crippen LogP contribution in [0.1, 0.15) is 5.76 Å². The molecule has 0 atom stereocenters. The quantitative estimate of drug-likeness (QED) is 0.762. The van der Waals surface area contributed by atoms with Crippen LogP contribution in [0.25, 0.3) is 0 Å². The fraction of sp³-hybridized carbons (Fsp3) is 0.111. The van der Waals surface area contributed by atoms with E-state index in [0.29, 0.717) is 12.4 Å². The molecule has 0 aliphatic rings. The standard InChI is InChI=1S/C9H10N4O/c10-9-5-7(1-3-11-9)12-6-8-2-4-13-14-8/h1-5H,6H2,(H3,10,11,12). The van der Waals surface area contributed by atoms with Gasteiger partial charge in [0.2, 0.25) is 0 Å². The number of nitrogens with zero attached hydrogens (tertiary/aromatic N) is 2. The highest BCUT2D eigenvalue weighted by Gasteiger charge is 1.97. The van der Waals surface area contributed by atoms with Crippen molar-refractivity contribution >= 4 is 11.5 Å². The van der Waals surface area contributed by atoms with Gasteiger partial charge >= 0.3 is 0 Å². The van der Waals surface area contributed by atoms with Gasteiger partial charge in [-0.25, -0.2) is 4.98 Å². The molecule has 5 heteroatoms. The monoisotopic (exact) mass is 190 g/mol. The average molecular weight is 190 g/mol. The first-order chi connectivity index (χ1) is 6.84. The summed E-state index contributed by atoms with van der Waals surface area (Å²) in [6, 6.07) is 5.40. The van der Waals surface area contributed by atoms with Crippen molar-refractivity contribution in [1.82, 2.24) is 10.1 Å². The van der Waals surface area contributed by atoms with Gasteiger partial charge in [-0.2, -0.15) is 0 Å². The molecule has 0 aliphatic heterocycles. The molecular formula is C9H10N4O. The van der Waals surface area contributed by atoms with E-state index in [1.165, 1.54) is 0 Å². The topological polar surface area (TPSA) is 77.0 Å². The number of rotatable bonds is 3. The average Bonchev–Trinajstić information content (AvgIpc) is 2.67. The molecule has 0 unspecified atom stereocenters. The van der Waals surface area contributed by atoms with E-state index in [-0.39, 0.29) is 0 Å². The van der Waals surface area contributed by atoms with Crippen LogP contribution in [0, 0.1) is 0 Å². The van der Waals surface area contributed by atoms with Gasteiger partial charge in [0, 0.05) is 24.0 Å². The second-order valence-corrected chi connectivity index (χ2v) is 2.80. The zero-order valence-corrected chi connectivity index (χ0v) is 7.47. The third-order valence-corrected chi connectivity index (χ3v) is 1.74. The van der Waals surface area contributed by atoms with Crippen molar-refractivity contribution < 1.29 is 4.52 Å². The van der Waals surface area contributed by atoms with Gasteiger partial charge in [-0.1, -0.05) is 5.16 Å². The molecule has 2 heterocycles. The van der Waals surface area contributed by atoms with Crippen LogP contribution in [0.15, 0.2) is 35.1 Å². The van der Waals surface area contributed by atoms with Gasteiger partial charge in [-0.05, 0) is 6.07 Å². The predicted octanol–water partition coefficient (Wildman–Crippen LogP) is 1.26. The fourth-order valence-electron chi connectivity index (χ4n) is 1.08. The predicted molar refractivity (Wildman–Crippen MR) is 52.5 cm³/mol. The number of aromatic nitrogens is 2. The molecule has 2 aromatic rings. The van der Waals surface area contributed by atoms with Gasteiger partial charge in [0.1, 0.15) is 5.82 Å². The van der Waals surface area contributed by atoms with E-state index >= 15 is 0 Å². The molecule has 3 N–H and O–H groups in total. The molecule has 0 fully saturated rings. The number of hydrogen-bond acceptors (Lipinski definition) is 5. The van der Waals surface area contributed by atoms with E-state index in [0.717, 1.165) is 11.4 Å². The minimum Gasteiger partial charge on any atom is -0.384 e. The molecule has 0 amide bonds. The van der Waals surface area contributed by atoms with E-state index in [2.05, 4.69) is 15.5 Å². The molecule has 0 spiro atoms. The van der Waals surface area contributed by atoms with E-state index in [4.69, 9.17) is 10.3 Å². The SMILES string of the molecule is Nc1cc(NCc2ccno2)ccn1. The first-order valence-electron chi connectivity index (χ1n) is 4.19. The normalized spacial score (nSPS) is 10.0. The Balaban J connectivity index is 1.98. The van der Waals surface area contributed by atoms with E-state index in [1.54, 1.807) is 24.5 Å². The largest absolute Gasteiger partial charge is 0.384 e. The minimum absolute atomic E-state index is 0.493. The van der Waals surface area contributed by atoms with Crippen molar-refractivity contribution in [1.29, 1.82) is 0 Å². The molecular weight excluding hydrogens is 180 g/mol. The van der Waals surface area contributed by atoms with Gasteiger partial charge < -0.3 is 15.6 Å². The number of pyridine rings is 1. The van der Waals surface area contributed by atoms with Crippen molar-refractivity contribution in [2.24, 2.45) is 0 Å². The van der Waals surface area contributed by atoms with Crippen LogP contribution in [0.4, 0.5) is 11.5 Å². The summed E-state index contributed by atoms with van der Waals surface area (Å²) < 4.78 is 4.93. The lowest BCUT2D eigenvalue weighted by molar-refractivity contribution is 0.388. The summed E-state index contributed by atoms with van der Waals surface area (Å²) in [5.41, 5.74) is 6.43. The lowest BCUT2D eigenvalue weighted by atomic mass is 10.3. The molecule has 0 aromatic carbocycles. The zero-order chi connectivity index (χ0) is 9.80. The summed E-state index contributed by atoms with van der Waals surface area (Å²) in [6.07, 6.45) is 3.26. The Labute approximate surface area is 80.9 Å². The van der Waals surface area contributed by atoms with Crippen molar-refractivity contribution in [3.8, 4) is 0 Å². The van der Waals surface area contributed by atoms with E-state index in [1.807, 2.05) is 6.07 Å².